The maximum Gasteiger partial charge on any atom is 0.412 e. The molecule has 0 radical (unpaired) electrons. The summed E-state index contributed by atoms with van der Waals surface area (Å²) in [5, 5.41) is 10.3. The van der Waals surface area contributed by atoms with Gasteiger partial charge in [-0.1, -0.05) is 6.07 Å². The summed E-state index contributed by atoms with van der Waals surface area (Å²) in [4.78, 5) is 13.5. The Morgan fingerprint density at radius 3 is 2.62 bits per heavy atom. The predicted molar refractivity (Wildman–Crippen MR) is 87.1 cm³/mol. The largest absolute Gasteiger partial charge is 0.444 e. The molecule has 1 aliphatic rings. The normalized spacial score (nSPS) is 17.7. The van der Waals surface area contributed by atoms with E-state index in [-0.39, 0.29) is 23.8 Å². The van der Waals surface area contributed by atoms with Crippen LogP contribution in [0, 0.1) is 0 Å². The van der Waals surface area contributed by atoms with Crippen molar-refractivity contribution in [2.45, 2.75) is 44.0 Å². The summed E-state index contributed by atoms with van der Waals surface area (Å²) >= 11 is 0. The summed E-state index contributed by atoms with van der Waals surface area (Å²) in [6.07, 6.45) is -1.79. The van der Waals surface area contributed by atoms with Gasteiger partial charge in [0.2, 0.25) is 0 Å². The van der Waals surface area contributed by atoms with Gasteiger partial charge in [-0.3, -0.25) is 4.90 Å². The number of carbonyl (C=O) groups is 1. The van der Waals surface area contributed by atoms with E-state index in [4.69, 9.17) is 9.47 Å². The van der Waals surface area contributed by atoms with Gasteiger partial charge in [0.25, 0.3) is 0 Å². The number of hydrogen-bond acceptors (Lipinski definition) is 6. The van der Waals surface area contributed by atoms with Crippen molar-refractivity contribution < 1.29 is 27.8 Å². The molecular weight excluding hydrogens is 334 g/mol. The van der Waals surface area contributed by atoms with E-state index >= 15 is 0 Å². The molecule has 1 N–H and O–H groups in total. The molecule has 0 aliphatic carbocycles. The molecule has 1 aromatic rings. The standard InChI is InChI=1S/C16H23NO6S/c1-16(2,3)23-15(19)17-10-11-9-12(5-6-13(11)14(17)18)24(20,21)8-7-22-4/h5-6,9,14,18H,7-8,10H2,1-4H3. The van der Waals surface area contributed by atoms with Crippen LogP contribution in [0.2, 0.25) is 0 Å². The van der Waals surface area contributed by atoms with E-state index in [9.17, 15) is 18.3 Å². The molecule has 1 amide bonds. The van der Waals surface area contributed by atoms with Gasteiger partial charge in [-0.2, -0.15) is 0 Å². The number of fused-ring (bicyclic) bond motifs is 1. The topological polar surface area (TPSA) is 93.1 Å². The number of aliphatic hydroxyl groups is 1. The van der Waals surface area contributed by atoms with Crippen LogP contribution in [0.15, 0.2) is 23.1 Å². The van der Waals surface area contributed by atoms with Crippen molar-refractivity contribution in [1.29, 1.82) is 0 Å². The monoisotopic (exact) mass is 357 g/mol. The highest BCUT2D eigenvalue weighted by atomic mass is 32.2. The molecular formula is C16H23NO6S. The molecule has 0 aromatic heterocycles. The molecule has 7 nitrogen and oxygen atoms in total. The van der Waals surface area contributed by atoms with Crippen LogP contribution >= 0.6 is 0 Å². The summed E-state index contributed by atoms with van der Waals surface area (Å²) in [5.41, 5.74) is 0.415. The van der Waals surface area contributed by atoms with E-state index in [0.29, 0.717) is 11.1 Å². The van der Waals surface area contributed by atoms with Gasteiger partial charge >= 0.3 is 6.09 Å². The lowest BCUT2D eigenvalue weighted by atomic mass is 10.1. The van der Waals surface area contributed by atoms with Crippen LogP contribution in [0.3, 0.4) is 0 Å². The van der Waals surface area contributed by atoms with Crippen molar-refractivity contribution in [2.24, 2.45) is 0 Å². The molecule has 8 heteroatoms. The maximum atomic E-state index is 12.2. The zero-order chi connectivity index (χ0) is 18.1. The van der Waals surface area contributed by atoms with Crippen molar-refractivity contribution in [3.05, 3.63) is 29.3 Å². The predicted octanol–water partition coefficient (Wildman–Crippen LogP) is 1.85. The average Bonchev–Trinajstić information content (AvgIpc) is 2.80. The number of rotatable bonds is 4. The van der Waals surface area contributed by atoms with Gasteiger partial charge in [0.1, 0.15) is 5.60 Å². The zero-order valence-corrected chi connectivity index (χ0v) is 15.1. The Morgan fingerprint density at radius 2 is 2.04 bits per heavy atom. The Morgan fingerprint density at radius 1 is 1.38 bits per heavy atom. The summed E-state index contributed by atoms with van der Waals surface area (Å²) in [5.74, 6) is -0.124. The Balaban J connectivity index is 2.23. The molecule has 0 saturated carbocycles. The first-order chi connectivity index (χ1) is 11.0. The number of nitrogens with zero attached hydrogens (tertiary/aromatic N) is 1. The number of aliphatic hydroxyl groups excluding tert-OH is 1. The SMILES string of the molecule is COCCS(=O)(=O)c1ccc2c(c1)CN(C(=O)OC(C)(C)C)C2O. The summed E-state index contributed by atoms with van der Waals surface area (Å²) in [6, 6.07) is 4.46. The molecule has 0 spiro atoms. The van der Waals surface area contributed by atoms with Crippen LogP contribution in [0.4, 0.5) is 4.79 Å². The van der Waals surface area contributed by atoms with Crippen LogP contribution in [0.25, 0.3) is 0 Å². The highest BCUT2D eigenvalue weighted by molar-refractivity contribution is 7.91. The van der Waals surface area contributed by atoms with Crippen LogP contribution in [-0.2, 0) is 25.9 Å². The third-order valence-electron chi connectivity index (χ3n) is 3.57. The molecule has 134 valence electrons. The van der Waals surface area contributed by atoms with Gasteiger partial charge in [-0.05, 0) is 38.5 Å². The summed E-state index contributed by atoms with van der Waals surface area (Å²) < 4.78 is 34.5. The fraction of sp³-hybridized carbons (Fsp3) is 0.562. The van der Waals surface area contributed by atoms with Gasteiger partial charge in [0.15, 0.2) is 16.1 Å². The van der Waals surface area contributed by atoms with Crippen molar-refractivity contribution in [1.82, 2.24) is 4.90 Å². The molecule has 1 heterocycles. The highest BCUT2D eigenvalue weighted by Crippen LogP contribution is 2.34. The molecule has 1 aromatic carbocycles. The first-order valence-corrected chi connectivity index (χ1v) is 9.22. The second-order valence-electron chi connectivity index (χ2n) is 6.65. The van der Waals surface area contributed by atoms with Crippen molar-refractivity contribution in [3.8, 4) is 0 Å². The maximum absolute atomic E-state index is 12.2. The second kappa shape index (κ2) is 6.70. The second-order valence-corrected chi connectivity index (χ2v) is 8.76. The minimum absolute atomic E-state index is 0.0963. The molecule has 0 bridgehead atoms. The van der Waals surface area contributed by atoms with Crippen LogP contribution in [0.5, 0.6) is 0 Å². The number of carbonyl (C=O) groups excluding carboxylic acids is 1. The minimum atomic E-state index is -3.47. The molecule has 0 fully saturated rings. The lowest BCUT2D eigenvalue weighted by Gasteiger charge is -2.26. The molecule has 2 rings (SSSR count). The number of sulfone groups is 1. The first-order valence-electron chi connectivity index (χ1n) is 7.57. The number of hydrogen-bond donors (Lipinski definition) is 1. The molecule has 1 atom stereocenters. The van der Waals surface area contributed by atoms with Crippen molar-refractivity contribution in [3.63, 3.8) is 0 Å². The van der Waals surface area contributed by atoms with Crippen LogP contribution < -0.4 is 0 Å². The number of amides is 1. The minimum Gasteiger partial charge on any atom is -0.444 e. The van der Waals surface area contributed by atoms with Crippen molar-refractivity contribution >= 4 is 15.9 Å². The van der Waals surface area contributed by atoms with Crippen molar-refractivity contribution in [2.75, 3.05) is 19.5 Å². The first kappa shape index (κ1) is 18.7. The fourth-order valence-electron chi connectivity index (χ4n) is 2.40. The van der Waals surface area contributed by atoms with E-state index in [0.717, 1.165) is 0 Å². The zero-order valence-electron chi connectivity index (χ0n) is 14.3. The van der Waals surface area contributed by atoms with Crippen LogP contribution in [0.1, 0.15) is 38.1 Å². The third kappa shape index (κ3) is 4.06. The Kier molecular flexibility index (Phi) is 5.22. The highest BCUT2D eigenvalue weighted by Gasteiger charge is 2.35. The lowest BCUT2D eigenvalue weighted by Crippen LogP contribution is -2.35. The lowest BCUT2D eigenvalue weighted by molar-refractivity contribution is -0.0257. The Labute approximate surface area is 142 Å². The van der Waals surface area contributed by atoms with E-state index in [1.165, 1.54) is 30.2 Å². The molecule has 24 heavy (non-hydrogen) atoms. The van der Waals surface area contributed by atoms with E-state index in [1.807, 2.05) is 0 Å². The van der Waals surface area contributed by atoms with Crippen LogP contribution in [-0.4, -0.2) is 49.6 Å². The summed E-state index contributed by atoms with van der Waals surface area (Å²) in [7, 11) is -2.03. The molecule has 1 aliphatic heterocycles. The van der Waals surface area contributed by atoms with Gasteiger partial charge < -0.3 is 14.6 Å². The quantitative estimate of drug-likeness (QED) is 0.884. The van der Waals surface area contributed by atoms with E-state index < -0.39 is 27.8 Å². The van der Waals surface area contributed by atoms with E-state index in [1.54, 1.807) is 20.8 Å². The fourth-order valence-corrected chi connectivity index (χ4v) is 3.62. The third-order valence-corrected chi connectivity index (χ3v) is 5.25. The average molecular weight is 357 g/mol. The number of ether oxygens (including phenoxy) is 2. The smallest absolute Gasteiger partial charge is 0.412 e. The van der Waals surface area contributed by atoms with E-state index in [2.05, 4.69) is 0 Å². The summed E-state index contributed by atoms with van der Waals surface area (Å²) in [6.45, 7) is 5.41. The van der Waals surface area contributed by atoms with Gasteiger partial charge in [0, 0.05) is 12.7 Å². The van der Waals surface area contributed by atoms with Gasteiger partial charge in [-0.15, -0.1) is 0 Å². The Bertz CT molecular complexity index is 723. The number of methoxy groups -OCH3 is 1. The van der Waals surface area contributed by atoms with Gasteiger partial charge in [-0.25, -0.2) is 13.2 Å². The number of benzene rings is 1. The molecule has 1 unspecified atom stereocenters. The molecule has 0 saturated heterocycles. The van der Waals surface area contributed by atoms with Gasteiger partial charge in [0.05, 0.1) is 23.8 Å². The Hall–Kier alpha value is -1.64.